The molecule has 7 nitrogen and oxygen atoms in total. The van der Waals surface area contributed by atoms with Crippen LogP contribution in [0, 0.1) is 0 Å². The fourth-order valence-electron chi connectivity index (χ4n) is 3.10. The highest BCUT2D eigenvalue weighted by Gasteiger charge is 2.23. The van der Waals surface area contributed by atoms with E-state index < -0.39 is 0 Å². The van der Waals surface area contributed by atoms with Gasteiger partial charge in [0.1, 0.15) is 0 Å². The van der Waals surface area contributed by atoms with Crippen molar-refractivity contribution in [2.75, 3.05) is 45.3 Å². The highest BCUT2D eigenvalue weighted by molar-refractivity contribution is 5.79. The summed E-state index contributed by atoms with van der Waals surface area (Å²) in [5.74, 6) is 2.40. The van der Waals surface area contributed by atoms with E-state index in [-0.39, 0.29) is 5.91 Å². The van der Waals surface area contributed by atoms with Crippen molar-refractivity contribution >= 4 is 11.9 Å². The first kappa shape index (κ1) is 17.1. The lowest BCUT2D eigenvalue weighted by atomic mass is 10.1. The molecule has 0 spiro atoms. The minimum atomic E-state index is 0.131. The van der Waals surface area contributed by atoms with Crippen LogP contribution in [0.15, 0.2) is 30.6 Å². The highest BCUT2D eigenvalue weighted by Crippen LogP contribution is 2.28. The van der Waals surface area contributed by atoms with Crippen LogP contribution in [0.3, 0.4) is 0 Å². The number of nitrogens with zero attached hydrogens (tertiary/aromatic N) is 4. The lowest BCUT2D eigenvalue weighted by Gasteiger charge is -2.35. The second kappa shape index (κ2) is 7.46. The number of carbonyl (C=O) groups is 1. The maximum Gasteiger partial charge on any atom is 0.227 e. The number of piperazine rings is 1. The SMILES string of the molecule is COc1ccc(CC(=O)N2CCN(c3nccn3C)CC2)cc1OC. The van der Waals surface area contributed by atoms with Crippen LogP contribution < -0.4 is 14.4 Å². The molecule has 1 fully saturated rings. The Hall–Kier alpha value is -2.70. The third-order valence-corrected chi connectivity index (χ3v) is 4.51. The summed E-state index contributed by atoms with van der Waals surface area (Å²) < 4.78 is 12.5. The minimum absolute atomic E-state index is 0.131. The Morgan fingerprint density at radius 1 is 1.12 bits per heavy atom. The first-order valence-corrected chi connectivity index (χ1v) is 8.33. The third-order valence-electron chi connectivity index (χ3n) is 4.51. The number of ether oxygens (including phenoxy) is 2. The highest BCUT2D eigenvalue weighted by atomic mass is 16.5. The molecule has 3 rings (SSSR count). The average Bonchev–Trinajstić information content (AvgIpc) is 3.07. The lowest BCUT2D eigenvalue weighted by molar-refractivity contribution is -0.130. The van der Waals surface area contributed by atoms with Gasteiger partial charge in [-0.05, 0) is 17.7 Å². The molecule has 0 radical (unpaired) electrons. The van der Waals surface area contributed by atoms with Gasteiger partial charge in [0.15, 0.2) is 11.5 Å². The molecule has 1 amide bonds. The lowest BCUT2D eigenvalue weighted by Crippen LogP contribution is -2.49. The van der Waals surface area contributed by atoms with Crippen LogP contribution in [-0.4, -0.2) is 60.8 Å². The largest absolute Gasteiger partial charge is 0.493 e. The number of hydrogen-bond acceptors (Lipinski definition) is 5. The van der Waals surface area contributed by atoms with E-state index in [1.165, 1.54) is 0 Å². The van der Waals surface area contributed by atoms with Crippen LogP contribution in [0.25, 0.3) is 0 Å². The van der Waals surface area contributed by atoms with Crippen molar-refractivity contribution in [2.24, 2.45) is 7.05 Å². The molecule has 2 aromatic rings. The Morgan fingerprint density at radius 3 is 2.44 bits per heavy atom. The molecule has 25 heavy (non-hydrogen) atoms. The summed E-state index contributed by atoms with van der Waals surface area (Å²) in [5.41, 5.74) is 0.925. The molecule has 0 saturated carbocycles. The Morgan fingerprint density at radius 2 is 1.84 bits per heavy atom. The number of rotatable bonds is 5. The Kier molecular flexibility index (Phi) is 5.11. The molecule has 134 valence electrons. The summed E-state index contributed by atoms with van der Waals surface area (Å²) in [4.78, 5) is 21.1. The van der Waals surface area contributed by atoms with Gasteiger partial charge < -0.3 is 23.8 Å². The molecule has 1 aromatic heterocycles. The van der Waals surface area contributed by atoms with E-state index in [0.717, 1.165) is 24.6 Å². The maximum atomic E-state index is 12.6. The van der Waals surface area contributed by atoms with Gasteiger partial charge in [-0.3, -0.25) is 4.79 Å². The van der Waals surface area contributed by atoms with Gasteiger partial charge in [0.05, 0.1) is 20.6 Å². The van der Waals surface area contributed by atoms with E-state index in [1.807, 2.05) is 40.9 Å². The van der Waals surface area contributed by atoms with Crippen LogP contribution in [0.4, 0.5) is 5.95 Å². The van der Waals surface area contributed by atoms with E-state index in [0.29, 0.717) is 31.0 Å². The number of anilines is 1. The van der Waals surface area contributed by atoms with E-state index >= 15 is 0 Å². The van der Waals surface area contributed by atoms with Gasteiger partial charge in [-0.15, -0.1) is 0 Å². The summed E-state index contributed by atoms with van der Waals surface area (Å²) in [7, 11) is 5.18. The fourth-order valence-corrected chi connectivity index (χ4v) is 3.10. The van der Waals surface area contributed by atoms with E-state index in [1.54, 1.807) is 20.4 Å². The first-order chi connectivity index (χ1) is 12.1. The van der Waals surface area contributed by atoms with Crippen LogP contribution >= 0.6 is 0 Å². The van der Waals surface area contributed by atoms with Gasteiger partial charge in [0, 0.05) is 45.6 Å². The molecule has 1 aromatic carbocycles. The van der Waals surface area contributed by atoms with Gasteiger partial charge in [-0.2, -0.15) is 0 Å². The first-order valence-electron chi connectivity index (χ1n) is 8.33. The van der Waals surface area contributed by atoms with Crippen LogP contribution in [0.2, 0.25) is 0 Å². The molecule has 0 unspecified atom stereocenters. The second-order valence-electron chi connectivity index (χ2n) is 6.07. The molecule has 1 aliphatic heterocycles. The van der Waals surface area contributed by atoms with Gasteiger partial charge in [-0.1, -0.05) is 6.07 Å². The van der Waals surface area contributed by atoms with Crippen molar-refractivity contribution in [1.29, 1.82) is 0 Å². The topological polar surface area (TPSA) is 59.8 Å². The predicted molar refractivity (Wildman–Crippen MR) is 95.3 cm³/mol. The van der Waals surface area contributed by atoms with E-state index in [2.05, 4.69) is 9.88 Å². The molecule has 1 saturated heterocycles. The average molecular weight is 344 g/mol. The maximum absolute atomic E-state index is 12.6. The standard InChI is InChI=1S/C18H24N4O3/c1-20-7-6-19-18(20)22-10-8-21(9-11-22)17(23)13-14-4-5-15(24-2)16(12-14)25-3/h4-7,12H,8-11,13H2,1-3H3. The summed E-state index contributed by atoms with van der Waals surface area (Å²) in [6.45, 7) is 3.00. The zero-order chi connectivity index (χ0) is 17.8. The molecule has 0 bridgehead atoms. The number of methoxy groups -OCH3 is 2. The molecule has 0 N–H and O–H groups in total. The monoisotopic (exact) mass is 344 g/mol. The van der Waals surface area contributed by atoms with Gasteiger partial charge in [0.2, 0.25) is 11.9 Å². The van der Waals surface area contributed by atoms with Crippen LogP contribution in [0.1, 0.15) is 5.56 Å². The summed E-state index contributed by atoms with van der Waals surface area (Å²) in [6, 6.07) is 5.60. The van der Waals surface area contributed by atoms with Crippen LogP contribution in [0.5, 0.6) is 11.5 Å². The van der Waals surface area contributed by atoms with Crippen molar-refractivity contribution in [1.82, 2.24) is 14.5 Å². The molecule has 1 aliphatic rings. The molecule has 0 atom stereocenters. The number of benzene rings is 1. The Labute approximate surface area is 147 Å². The van der Waals surface area contributed by atoms with Crippen molar-refractivity contribution in [3.05, 3.63) is 36.2 Å². The van der Waals surface area contributed by atoms with E-state index in [9.17, 15) is 4.79 Å². The summed E-state index contributed by atoms with van der Waals surface area (Å²) in [5, 5.41) is 0. The zero-order valence-electron chi connectivity index (χ0n) is 14.9. The summed E-state index contributed by atoms with van der Waals surface area (Å²) >= 11 is 0. The van der Waals surface area contributed by atoms with Crippen LogP contribution in [-0.2, 0) is 18.3 Å². The van der Waals surface area contributed by atoms with E-state index in [4.69, 9.17) is 9.47 Å². The van der Waals surface area contributed by atoms with Gasteiger partial charge in [0.25, 0.3) is 0 Å². The third kappa shape index (κ3) is 3.70. The molecule has 2 heterocycles. The van der Waals surface area contributed by atoms with Crippen molar-refractivity contribution in [3.63, 3.8) is 0 Å². The quantitative estimate of drug-likeness (QED) is 0.819. The van der Waals surface area contributed by atoms with Crippen molar-refractivity contribution in [3.8, 4) is 11.5 Å². The Balaban J connectivity index is 1.59. The minimum Gasteiger partial charge on any atom is -0.493 e. The zero-order valence-corrected chi connectivity index (χ0v) is 14.9. The number of hydrogen-bond donors (Lipinski definition) is 0. The number of amides is 1. The molecular weight excluding hydrogens is 320 g/mol. The second-order valence-corrected chi connectivity index (χ2v) is 6.07. The number of imidazole rings is 1. The van der Waals surface area contributed by atoms with Gasteiger partial charge in [-0.25, -0.2) is 4.98 Å². The van der Waals surface area contributed by atoms with Gasteiger partial charge >= 0.3 is 0 Å². The molecular formula is C18H24N4O3. The fraction of sp³-hybridized carbons (Fsp3) is 0.444. The summed E-state index contributed by atoms with van der Waals surface area (Å²) in [6.07, 6.45) is 4.09. The molecule has 0 aliphatic carbocycles. The number of aryl methyl sites for hydroxylation is 1. The number of aromatic nitrogens is 2. The predicted octanol–water partition coefficient (Wildman–Crippen LogP) is 1.33. The Bertz CT molecular complexity index is 736. The van der Waals surface area contributed by atoms with Crippen molar-refractivity contribution in [2.45, 2.75) is 6.42 Å². The normalized spacial score (nSPS) is 14.5. The number of carbonyl (C=O) groups excluding carboxylic acids is 1. The van der Waals surface area contributed by atoms with Crippen molar-refractivity contribution < 1.29 is 14.3 Å². The molecule has 7 heteroatoms. The smallest absolute Gasteiger partial charge is 0.227 e.